The van der Waals surface area contributed by atoms with Gasteiger partial charge in [0.25, 0.3) is 0 Å². The predicted molar refractivity (Wildman–Crippen MR) is 62.5 cm³/mol. The minimum absolute atomic E-state index is 0.289. The zero-order valence-corrected chi connectivity index (χ0v) is 10.2. The molecule has 16 heavy (non-hydrogen) atoms. The Morgan fingerprint density at radius 3 is 2.56 bits per heavy atom. The van der Waals surface area contributed by atoms with Crippen molar-refractivity contribution in [1.82, 2.24) is 5.48 Å². The summed E-state index contributed by atoms with van der Waals surface area (Å²) >= 11 is 11.9. The van der Waals surface area contributed by atoms with Crippen LogP contribution in [-0.4, -0.2) is 12.3 Å². The van der Waals surface area contributed by atoms with E-state index >= 15 is 0 Å². The van der Waals surface area contributed by atoms with E-state index in [1.807, 2.05) is 6.92 Å². The molecule has 2 rings (SSSR count). The average Bonchev–Trinajstić information content (AvgIpc) is 2.60. The molecule has 0 spiro atoms. The third kappa shape index (κ3) is 2.23. The smallest absolute Gasteiger partial charge is 0.139 e. The van der Waals surface area contributed by atoms with Crippen molar-refractivity contribution in [2.75, 3.05) is 0 Å². The van der Waals surface area contributed by atoms with Crippen molar-refractivity contribution >= 4 is 29.5 Å². The molecule has 1 saturated heterocycles. The quantitative estimate of drug-likeness (QED) is 0.831. The van der Waals surface area contributed by atoms with Gasteiger partial charge in [-0.05, 0) is 30.7 Å². The van der Waals surface area contributed by atoms with Crippen LogP contribution in [0, 0.1) is 0 Å². The minimum Gasteiger partial charge on any atom is -0.302 e. The fraction of sp³-hybridized carbons (Fsp3) is 0.364. The van der Waals surface area contributed by atoms with Crippen molar-refractivity contribution in [1.29, 1.82) is 0 Å². The van der Waals surface area contributed by atoms with Crippen LogP contribution in [0.3, 0.4) is 0 Å². The molecule has 2 unspecified atom stereocenters. The van der Waals surface area contributed by atoms with E-state index < -0.39 is 5.60 Å². The number of hydrogen-bond donors (Lipinski definition) is 1. The zero-order valence-electron chi connectivity index (χ0n) is 8.67. The molecule has 1 aliphatic rings. The highest BCUT2D eigenvalue weighted by molar-refractivity contribution is 6.34. The summed E-state index contributed by atoms with van der Waals surface area (Å²) in [5.41, 5.74) is 2.97. The summed E-state index contributed by atoms with van der Waals surface area (Å²) < 4.78 is 0. The molecule has 1 aromatic carbocycles. The van der Waals surface area contributed by atoms with Crippen molar-refractivity contribution in [3.63, 3.8) is 0 Å². The summed E-state index contributed by atoms with van der Waals surface area (Å²) in [5.74, 6) is 0. The summed E-state index contributed by atoms with van der Waals surface area (Å²) in [6.45, 7) is 1.89. The number of hydroxylamine groups is 1. The van der Waals surface area contributed by atoms with Crippen LogP contribution < -0.4 is 5.48 Å². The maximum absolute atomic E-state index is 10.7. The molecule has 0 saturated carbocycles. The fourth-order valence-electron chi connectivity index (χ4n) is 1.82. The van der Waals surface area contributed by atoms with E-state index in [4.69, 9.17) is 28.0 Å². The second-order valence-corrected chi connectivity index (χ2v) is 4.93. The molecule has 1 aliphatic heterocycles. The lowest BCUT2D eigenvalue weighted by Gasteiger charge is -2.22. The van der Waals surface area contributed by atoms with Crippen LogP contribution >= 0.6 is 23.2 Å². The SMILES string of the molecule is CC1(c2cc(Cl)cc(Cl)c2)CC(C=O)NO1. The molecule has 1 aromatic rings. The number of rotatable bonds is 2. The van der Waals surface area contributed by atoms with Crippen molar-refractivity contribution in [2.24, 2.45) is 0 Å². The first kappa shape index (κ1) is 11.9. The highest BCUT2D eigenvalue weighted by Crippen LogP contribution is 2.36. The standard InChI is InChI=1S/C11H11Cl2NO2/c1-11(5-10(6-15)14-16-11)7-2-8(12)4-9(13)3-7/h2-4,6,10,14H,5H2,1H3. The lowest BCUT2D eigenvalue weighted by molar-refractivity contribution is -0.111. The number of aldehydes is 1. The Labute approximate surface area is 104 Å². The van der Waals surface area contributed by atoms with E-state index in [1.54, 1.807) is 18.2 Å². The summed E-state index contributed by atoms with van der Waals surface area (Å²) in [6.07, 6.45) is 1.39. The predicted octanol–water partition coefficient (Wildman–Crippen LogP) is 2.70. The first-order valence-electron chi connectivity index (χ1n) is 4.89. The molecular formula is C11H11Cl2NO2. The van der Waals surface area contributed by atoms with Crippen molar-refractivity contribution in [2.45, 2.75) is 25.0 Å². The van der Waals surface area contributed by atoms with E-state index in [2.05, 4.69) is 5.48 Å². The minimum atomic E-state index is -0.569. The Balaban J connectivity index is 2.33. The molecule has 0 aliphatic carbocycles. The summed E-state index contributed by atoms with van der Waals surface area (Å²) in [7, 11) is 0. The van der Waals surface area contributed by atoms with Crippen molar-refractivity contribution in [3.05, 3.63) is 33.8 Å². The highest BCUT2D eigenvalue weighted by Gasteiger charge is 2.38. The number of carbonyl (C=O) groups excluding carboxylic acids is 1. The molecule has 1 N–H and O–H groups in total. The second-order valence-electron chi connectivity index (χ2n) is 4.06. The maximum Gasteiger partial charge on any atom is 0.139 e. The van der Waals surface area contributed by atoms with E-state index in [1.165, 1.54) is 0 Å². The summed E-state index contributed by atoms with van der Waals surface area (Å²) in [6, 6.07) is 4.96. The molecule has 0 radical (unpaired) electrons. The third-order valence-corrected chi connectivity index (χ3v) is 3.12. The van der Waals surface area contributed by atoms with Gasteiger partial charge in [0.1, 0.15) is 11.9 Å². The Kier molecular flexibility index (Phi) is 3.22. The summed E-state index contributed by atoms with van der Waals surface area (Å²) in [4.78, 5) is 16.1. The van der Waals surface area contributed by atoms with Crippen molar-refractivity contribution < 1.29 is 9.63 Å². The molecule has 2 atom stereocenters. The Bertz CT molecular complexity index is 404. The number of halogens is 2. The second kappa shape index (κ2) is 4.34. The van der Waals surface area contributed by atoms with Gasteiger partial charge >= 0.3 is 0 Å². The first-order valence-corrected chi connectivity index (χ1v) is 5.64. The van der Waals surface area contributed by atoms with E-state index in [0.717, 1.165) is 11.8 Å². The molecule has 1 fully saturated rings. The lowest BCUT2D eigenvalue weighted by atomic mass is 9.91. The number of hydrogen-bond acceptors (Lipinski definition) is 3. The molecule has 1 heterocycles. The zero-order chi connectivity index (χ0) is 11.8. The Morgan fingerprint density at radius 1 is 1.44 bits per heavy atom. The maximum atomic E-state index is 10.7. The van der Waals surface area contributed by atoms with Crippen LogP contribution in [-0.2, 0) is 15.2 Å². The third-order valence-electron chi connectivity index (χ3n) is 2.68. The van der Waals surface area contributed by atoms with E-state index in [9.17, 15) is 4.79 Å². The van der Waals surface area contributed by atoms with Gasteiger partial charge in [0.15, 0.2) is 0 Å². The van der Waals surface area contributed by atoms with Crippen molar-refractivity contribution in [3.8, 4) is 0 Å². The first-order chi connectivity index (χ1) is 7.53. The fourth-order valence-corrected chi connectivity index (χ4v) is 2.35. The van der Waals surface area contributed by atoms with Gasteiger partial charge in [0.05, 0.1) is 6.04 Å². The van der Waals surface area contributed by atoms with Gasteiger partial charge < -0.3 is 4.79 Å². The van der Waals surface area contributed by atoms with Crippen LogP contribution in [0.5, 0.6) is 0 Å². The Morgan fingerprint density at radius 2 is 2.06 bits per heavy atom. The lowest BCUT2D eigenvalue weighted by Crippen LogP contribution is -2.22. The van der Waals surface area contributed by atoms with Crippen LogP contribution in [0.2, 0.25) is 10.0 Å². The van der Waals surface area contributed by atoms with E-state index in [0.29, 0.717) is 16.5 Å². The average molecular weight is 260 g/mol. The van der Waals surface area contributed by atoms with Gasteiger partial charge in [-0.1, -0.05) is 23.2 Å². The van der Waals surface area contributed by atoms with Gasteiger partial charge in [0, 0.05) is 16.5 Å². The molecule has 0 aromatic heterocycles. The van der Waals surface area contributed by atoms with Gasteiger partial charge in [-0.3, -0.25) is 4.84 Å². The van der Waals surface area contributed by atoms with Crippen LogP contribution in [0.25, 0.3) is 0 Å². The molecule has 0 bridgehead atoms. The van der Waals surface area contributed by atoms with Crippen LogP contribution in [0.4, 0.5) is 0 Å². The highest BCUT2D eigenvalue weighted by atomic mass is 35.5. The summed E-state index contributed by atoms with van der Waals surface area (Å²) in [5, 5.41) is 1.11. The normalized spacial score (nSPS) is 29.3. The van der Waals surface area contributed by atoms with Gasteiger partial charge in [-0.2, -0.15) is 5.48 Å². The number of benzene rings is 1. The molecular weight excluding hydrogens is 249 g/mol. The van der Waals surface area contributed by atoms with Gasteiger partial charge in [0.2, 0.25) is 0 Å². The monoisotopic (exact) mass is 259 g/mol. The topological polar surface area (TPSA) is 38.3 Å². The van der Waals surface area contributed by atoms with E-state index in [-0.39, 0.29) is 6.04 Å². The molecule has 5 heteroatoms. The molecule has 86 valence electrons. The van der Waals surface area contributed by atoms with Crippen LogP contribution in [0.15, 0.2) is 18.2 Å². The number of nitrogens with one attached hydrogen (secondary N) is 1. The number of carbonyl (C=O) groups is 1. The van der Waals surface area contributed by atoms with Crippen LogP contribution in [0.1, 0.15) is 18.9 Å². The van der Waals surface area contributed by atoms with Gasteiger partial charge in [-0.15, -0.1) is 0 Å². The largest absolute Gasteiger partial charge is 0.302 e. The van der Waals surface area contributed by atoms with Gasteiger partial charge in [-0.25, -0.2) is 0 Å². The Hall–Kier alpha value is -0.610. The molecule has 0 amide bonds. The molecule has 3 nitrogen and oxygen atoms in total.